The van der Waals surface area contributed by atoms with Gasteiger partial charge in [0.25, 0.3) is 0 Å². The zero-order chi connectivity index (χ0) is 36.9. The van der Waals surface area contributed by atoms with Crippen molar-refractivity contribution in [2.45, 2.75) is 51.6 Å². The maximum Gasteiger partial charge on any atom is 0.307 e. The van der Waals surface area contributed by atoms with E-state index in [0.29, 0.717) is 12.8 Å². The first kappa shape index (κ1) is 35.1. The van der Waals surface area contributed by atoms with E-state index in [1.165, 1.54) is 11.1 Å². The van der Waals surface area contributed by atoms with E-state index in [1.54, 1.807) is 0 Å². The Morgan fingerprint density at radius 1 is 0.611 bits per heavy atom. The molecule has 0 spiro atoms. The van der Waals surface area contributed by atoms with Crippen molar-refractivity contribution in [2.75, 3.05) is 45.8 Å². The zero-order valence-electron chi connectivity index (χ0n) is 31.2. The van der Waals surface area contributed by atoms with Gasteiger partial charge in [-0.3, -0.25) is 19.3 Å². The molecule has 6 saturated carbocycles. The summed E-state index contributed by atoms with van der Waals surface area (Å²) in [5.41, 5.74) is 4.87. The molecule has 10 nitrogen and oxygen atoms in total. The second kappa shape index (κ2) is 13.1. The minimum atomic E-state index is -0.719. The average molecular weight is 737 g/mol. The molecule has 6 aliphatic carbocycles. The first-order chi connectivity index (χ1) is 26.2. The highest BCUT2D eigenvalue weighted by Crippen LogP contribution is 3.11. The van der Waals surface area contributed by atoms with Crippen LogP contribution in [0.1, 0.15) is 47.9 Å². The number of rotatable bonds is 18. The van der Waals surface area contributed by atoms with Crippen molar-refractivity contribution < 1.29 is 29.7 Å². The summed E-state index contributed by atoms with van der Waals surface area (Å²) < 4.78 is 0. The number of hydrogen-bond acceptors (Lipinski definition) is 7. The minimum absolute atomic E-state index is 0.139. The van der Waals surface area contributed by atoms with Crippen LogP contribution in [-0.2, 0) is 40.3 Å². The van der Waals surface area contributed by atoms with Gasteiger partial charge < -0.3 is 31.3 Å². The predicted octanol–water partition coefficient (Wildman–Crippen LogP) is 3.83. The van der Waals surface area contributed by atoms with E-state index in [2.05, 4.69) is 69.4 Å². The van der Waals surface area contributed by atoms with E-state index >= 15 is 0 Å². The molecule has 0 aromatic heterocycles. The normalized spacial score (nSPS) is 39.0. The first-order valence-electron chi connectivity index (χ1n) is 20.9. The summed E-state index contributed by atoms with van der Waals surface area (Å²) in [4.78, 5) is 40.2. The maximum atomic E-state index is 12.8. The van der Waals surface area contributed by atoms with Crippen molar-refractivity contribution >= 4 is 17.9 Å². The molecule has 9 fully saturated rings. The van der Waals surface area contributed by atoms with E-state index in [4.69, 9.17) is 0 Å². The molecule has 3 heterocycles. The molecule has 54 heavy (non-hydrogen) atoms. The Hall–Kier alpha value is -3.31. The minimum Gasteiger partial charge on any atom is -0.481 e. The second-order valence-corrected chi connectivity index (χ2v) is 18.8. The summed E-state index contributed by atoms with van der Waals surface area (Å²) in [6.45, 7) is 7.42. The molecule has 2 aromatic rings. The number of carbonyl (C=O) groups is 3. The van der Waals surface area contributed by atoms with Crippen molar-refractivity contribution in [3.05, 3.63) is 70.8 Å². The van der Waals surface area contributed by atoms with Crippen molar-refractivity contribution in [3.8, 4) is 0 Å². The quantitative estimate of drug-likeness (QED) is 0.133. The lowest BCUT2D eigenvalue weighted by Gasteiger charge is -3.13. The van der Waals surface area contributed by atoms with Gasteiger partial charge in [0.2, 0.25) is 0 Å². The molecule has 10 atom stereocenters. The maximum absolute atomic E-state index is 12.8. The monoisotopic (exact) mass is 736 g/mol. The van der Waals surface area contributed by atoms with E-state index in [-0.39, 0.29) is 34.5 Å². The van der Waals surface area contributed by atoms with E-state index in [1.807, 2.05) is 0 Å². The Balaban J connectivity index is 0.925. The largest absolute Gasteiger partial charge is 0.481 e. The summed E-state index contributed by atoms with van der Waals surface area (Å²) in [6.07, 6.45) is 4.62. The van der Waals surface area contributed by atoms with Crippen LogP contribution in [0.5, 0.6) is 0 Å². The van der Waals surface area contributed by atoms with E-state index in [0.717, 1.165) is 131 Å². The molecular formula is C44H56N4O6. The fourth-order valence-electron chi connectivity index (χ4n) is 14.9. The number of benzene rings is 2. The van der Waals surface area contributed by atoms with Crippen LogP contribution >= 0.6 is 0 Å². The van der Waals surface area contributed by atoms with Gasteiger partial charge in [-0.25, -0.2) is 0 Å². The molecule has 5 unspecified atom stereocenters. The van der Waals surface area contributed by atoms with Gasteiger partial charge in [0.05, 0.1) is 17.8 Å². The standard InChI is InChI=1S/C44H56N4O6/c49-40(50)31(28-7-10-45-18-28)15-24-3-1-5-26(13-24)21-48(22-27-6-2-4-25(14-27)16-32(41(51)52)29-8-11-46-19-29)23-44-38-35-34-36(38)43(44,37(34)39(35)44)17-33(42(53)54)30-9-12-47-20-30/h1-6,13-14,28-39,45-47H,7-12,15-23H2,(H,49,50)(H,51,52)(H,53,54)/t28-,29-,30-,31-,32-,33?,34?,35?,36?,37?,38?,39?,43?,44?/m0/s1. The topological polar surface area (TPSA) is 151 Å². The lowest BCUT2D eigenvalue weighted by Crippen LogP contribution is -3.11. The van der Waals surface area contributed by atoms with Crippen LogP contribution in [0.3, 0.4) is 0 Å². The summed E-state index contributed by atoms with van der Waals surface area (Å²) in [7, 11) is 0. The Morgan fingerprint density at radius 3 is 1.43 bits per heavy atom. The van der Waals surface area contributed by atoms with Crippen LogP contribution in [0.2, 0.25) is 0 Å². The molecule has 288 valence electrons. The van der Waals surface area contributed by atoms with Gasteiger partial charge in [-0.15, -0.1) is 0 Å². The highest BCUT2D eigenvalue weighted by atomic mass is 16.4. The third-order valence-electron chi connectivity index (χ3n) is 16.8. The smallest absolute Gasteiger partial charge is 0.307 e. The molecule has 0 amide bonds. The lowest BCUT2D eigenvalue weighted by molar-refractivity contribution is -0.664. The van der Waals surface area contributed by atoms with Crippen molar-refractivity contribution in [1.82, 2.24) is 20.9 Å². The number of carboxylic acid groups (broad SMARTS) is 3. The molecule has 2 aromatic carbocycles. The molecular weight excluding hydrogens is 681 g/mol. The van der Waals surface area contributed by atoms with E-state index < -0.39 is 29.7 Å². The Morgan fingerprint density at radius 2 is 1.02 bits per heavy atom. The van der Waals surface area contributed by atoms with Gasteiger partial charge in [0.15, 0.2) is 0 Å². The molecule has 11 rings (SSSR count). The van der Waals surface area contributed by atoms with Crippen LogP contribution in [-0.4, -0.2) is 83.9 Å². The van der Waals surface area contributed by atoms with Gasteiger partial charge >= 0.3 is 17.9 Å². The fraction of sp³-hybridized carbons (Fsp3) is 0.659. The van der Waals surface area contributed by atoms with Crippen LogP contribution in [0.15, 0.2) is 48.5 Å². The van der Waals surface area contributed by atoms with Crippen molar-refractivity contribution in [1.29, 1.82) is 0 Å². The van der Waals surface area contributed by atoms with Gasteiger partial charge in [0.1, 0.15) is 0 Å². The highest BCUT2D eigenvalue weighted by Gasteiger charge is 3.09. The number of nitrogens with one attached hydrogen (secondary N) is 3. The van der Waals surface area contributed by atoms with Crippen LogP contribution in [0.25, 0.3) is 0 Å². The average Bonchev–Trinajstić information content (AvgIpc) is 3.97. The Labute approximate surface area is 317 Å². The lowest BCUT2D eigenvalue weighted by atomic mass is 8.91. The Kier molecular flexibility index (Phi) is 8.55. The van der Waals surface area contributed by atoms with E-state index in [9.17, 15) is 29.7 Å². The van der Waals surface area contributed by atoms with Crippen LogP contribution in [0.4, 0.5) is 0 Å². The summed E-state index contributed by atoms with van der Waals surface area (Å²) in [6, 6.07) is 17.1. The van der Waals surface area contributed by atoms with Gasteiger partial charge in [-0.1, -0.05) is 48.5 Å². The predicted molar refractivity (Wildman–Crippen MR) is 201 cm³/mol. The van der Waals surface area contributed by atoms with Crippen molar-refractivity contribution in [3.63, 3.8) is 0 Å². The molecule has 6 N–H and O–H groups in total. The number of aliphatic carboxylic acids is 3. The van der Waals surface area contributed by atoms with Gasteiger partial charge in [0, 0.05) is 19.6 Å². The first-order valence-corrected chi connectivity index (χ1v) is 20.9. The molecule has 9 aliphatic rings. The molecule has 0 bridgehead atoms. The highest BCUT2D eigenvalue weighted by molar-refractivity contribution is 5.72. The third-order valence-corrected chi connectivity index (χ3v) is 16.8. The molecule has 3 saturated heterocycles. The number of hydrogen-bond donors (Lipinski definition) is 6. The Bertz CT molecular complexity index is 1710. The molecule has 3 aliphatic heterocycles. The summed E-state index contributed by atoms with van der Waals surface area (Å²) in [5, 5.41) is 41.0. The summed E-state index contributed by atoms with van der Waals surface area (Å²) in [5.74, 6) is 1.98. The second-order valence-electron chi connectivity index (χ2n) is 18.8. The SMILES string of the molecule is O=C(O)C(CC12C3C4C5C3C1(CN(Cc1cccc(C[C@H](C(=O)O)[C@H]3CCNC3)c1)Cc1cccc(C[C@H](C(=O)O)[C@H]3CCNC3)c1)C5C42)[C@H]1CCNC1. The number of carboxylic acids is 3. The third kappa shape index (κ3) is 5.01. The van der Waals surface area contributed by atoms with Crippen molar-refractivity contribution in [2.24, 2.45) is 81.8 Å². The molecule has 0 radical (unpaired) electrons. The van der Waals surface area contributed by atoms with Gasteiger partial charge in [-0.2, -0.15) is 0 Å². The van der Waals surface area contributed by atoms with Crippen LogP contribution < -0.4 is 16.0 Å². The fourth-order valence-corrected chi connectivity index (χ4v) is 14.9. The molecule has 10 heteroatoms. The number of nitrogens with zero attached hydrogens (tertiary/aromatic N) is 1. The van der Waals surface area contributed by atoms with Crippen LogP contribution in [0, 0.1) is 81.8 Å². The van der Waals surface area contributed by atoms with Gasteiger partial charge in [-0.05, 0) is 164 Å². The summed E-state index contributed by atoms with van der Waals surface area (Å²) >= 11 is 0. The zero-order valence-corrected chi connectivity index (χ0v) is 31.2.